The monoisotopic (exact) mass is 228 g/mol. The van der Waals surface area contributed by atoms with E-state index < -0.39 is 5.54 Å². The van der Waals surface area contributed by atoms with Gasteiger partial charge in [0.1, 0.15) is 0 Å². The van der Waals surface area contributed by atoms with Crippen molar-refractivity contribution in [2.24, 2.45) is 5.73 Å². The van der Waals surface area contributed by atoms with Gasteiger partial charge in [0.2, 0.25) is 5.91 Å². The lowest BCUT2D eigenvalue weighted by atomic mass is 9.92. The van der Waals surface area contributed by atoms with Crippen LogP contribution in [0.25, 0.3) is 0 Å². The predicted octanol–water partition coefficient (Wildman–Crippen LogP) is 1.19. The molecule has 0 radical (unpaired) electrons. The Kier molecular flexibility index (Phi) is 4.74. The number of hydrogen-bond acceptors (Lipinski definition) is 3. The van der Waals surface area contributed by atoms with Crippen LogP contribution in [0.5, 0.6) is 0 Å². The van der Waals surface area contributed by atoms with E-state index in [0.717, 1.165) is 19.4 Å². The average Bonchev–Trinajstić information content (AvgIpc) is 2.81. The Morgan fingerprint density at radius 1 is 1.56 bits per heavy atom. The first-order valence-corrected chi connectivity index (χ1v) is 6.25. The minimum atomic E-state index is -0.729. The molecule has 0 spiro atoms. The molecule has 1 saturated heterocycles. The van der Waals surface area contributed by atoms with E-state index in [1.54, 1.807) is 0 Å². The summed E-state index contributed by atoms with van der Waals surface area (Å²) in [5.74, 6) is -0.0551. The van der Waals surface area contributed by atoms with Crippen molar-refractivity contribution in [1.29, 1.82) is 0 Å². The molecule has 0 aliphatic carbocycles. The Balaban J connectivity index is 2.49. The zero-order chi connectivity index (χ0) is 12.2. The van der Waals surface area contributed by atoms with Gasteiger partial charge in [-0.15, -0.1) is 0 Å². The molecule has 1 heterocycles. The van der Waals surface area contributed by atoms with Crippen molar-refractivity contribution in [3.05, 3.63) is 0 Å². The van der Waals surface area contributed by atoms with Crippen LogP contribution in [-0.2, 0) is 9.53 Å². The molecule has 4 heteroatoms. The van der Waals surface area contributed by atoms with E-state index in [-0.39, 0.29) is 18.1 Å². The van der Waals surface area contributed by atoms with Crippen molar-refractivity contribution in [3.8, 4) is 0 Å². The van der Waals surface area contributed by atoms with Gasteiger partial charge in [-0.2, -0.15) is 0 Å². The third-order valence-corrected chi connectivity index (χ3v) is 3.60. The summed E-state index contributed by atoms with van der Waals surface area (Å²) < 4.78 is 5.54. The zero-order valence-corrected chi connectivity index (χ0v) is 10.6. The number of carbonyl (C=O) groups excluding carboxylic acids is 1. The molecule has 0 saturated carbocycles. The van der Waals surface area contributed by atoms with Crippen molar-refractivity contribution >= 4 is 5.91 Å². The lowest BCUT2D eigenvalue weighted by Crippen LogP contribution is -2.56. The number of ether oxygens (including phenoxy) is 1. The third kappa shape index (κ3) is 2.95. The first-order valence-electron chi connectivity index (χ1n) is 6.25. The molecule has 16 heavy (non-hydrogen) atoms. The van der Waals surface area contributed by atoms with Crippen LogP contribution < -0.4 is 11.1 Å². The highest BCUT2D eigenvalue weighted by atomic mass is 16.5. The molecular formula is C12H24N2O2. The molecule has 0 aromatic rings. The molecule has 2 atom stereocenters. The third-order valence-electron chi connectivity index (χ3n) is 3.60. The van der Waals surface area contributed by atoms with E-state index in [4.69, 9.17) is 10.5 Å². The van der Waals surface area contributed by atoms with E-state index in [2.05, 4.69) is 5.32 Å². The molecule has 1 aliphatic heterocycles. The van der Waals surface area contributed by atoms with Crippen molar-refractivity contribution in [1.82, 2.24) is 5.32 Å². The van der Waals surface area contributed by atoms with Crippen LogP contribution in [0.2, 0.25) is 0 Å². The van der Waals surface area contributed by atoms with Crippen LogP contribution in [0.3, 0.4) is 0 Å². The van der Waals surface area contributed by atoms with Crippen LogP contribution >= 0.6 is 0 Å². The van der Waals surface area contributed by atoms with Crippen molar-refractivity contribution in [2.75, 3.05) is 6.61 Å². The summed E-state index contributed by atoms with van der Waals surface area (Å²) >= 11 is 0. The second-order valence-corrected chi connectivity index (χ2v) is 4.68. The molecule has 94 valence electrons. The lowest BCUT2D eigenvalue weighted by Gasteiger charge is -2.29. The molecule has 0 aromatic carbocycles. The van der Waals surface area contributed by atoms with Gasteiger partial charge in [0.15, 0.2) is 0 Å². The smallest absolute Gasteiger partial charge is 0.240 e. The van der Waals surface area contributed by atoms with Gasteiger partial charge in [-0.3, -0.25) is 4.79 Å². The Labute approximate surface area is 97.9 Å². The Morgan fingerprint density at radius 3 is 2.62 bits per heavy atom. The maximum Gasteiger partial charge on any atom is 0.240 e. The lowest BCUT2D eigenvalue weighted by molar-refractivity contribution is -0.128. The standard InChI is InChI=1S/C12H24N2O2/c1-4-12(13,5-2)11(15)14-9(3)10-7-6-8-16-10/h9-10H,4-8,13H2,1-3H3,(H,14,15). The molecule has 2 unspecified atom stereocenters. The number of nitrogens with two attached hydrogens (primary N) is 1. The Hall–Kier alpha value is -0.610. The van der Waals surface area contributed by atoms with Gasteiger partial charge in [-0.25, -0.2) is 0 Å². The highest BCUT2D eigenvalue weighted by Gasteiger charge is 2.32. The maximum absolute atomic E-state index is 12.0. The number of nitrogens with one attached hydrogen (secondary N) is 1. The highest BCUT2D eigenvalue weighted by molar-refractivity contribution is 5.86. The van der Waals surface area contributed by atoms with Gasteiger partial charge >= 0.3 is 0 Å². The van der Waals surface area contributed by atoms with Gasteiger partial charge in [0.05, 0.1) is 17.7 Å². The minimum absolute atomic E-state index is 0.0519. The van der Waals surface area contributed by atoms with E-state index in [9.17, 15) is 4.79 Å². The number of carbonyl (C=O) groups is 1. The van der Waals surface area contributed by atoms with Crippen molar-refractivity contribution in [2.45, 2.75) is 64.1 Å². The molecule has 1 aliphatic rings. The summed E-state index contributed by atoms with van der Waals surface area (Å²) in [6, 6.07) is 0.0519. The topological polar surface area (TPSA) is 64.4 Å². The quantitative estimate of drug-likeness (QED) is 0.743. The first kappa shape index (κ1) is 13.5. The Morgan fingerprint density at radius 2 is 2.19 bits per heavy atom. The number of hydrogen-bond donors (Lipinski definition) is 2. The molecule has 1 rings (SSSR count). The molecule has 0 aromatic heterocycles. The van der Waals surface area contributed by atoms with Gasteiger partial charge in [0.25, 0.3) is 0 Å². The van der Waals surface area contributed by atoms with Crippen LogP contribution in [0, 0.1) is 0 Å². The number of amides is 1. The van der Waals surface area contributed by atoms with Crippen LogP contribution in [0.4, 0.5) is 0 Å². The average molecular weight is 228 g/mol. The van der Waals surface area contributed by atoms with E-state index >= 15 is 0 Å². The van der Waals surface area contributed by atoms with Crippen LogP contribution in [0.1, 0.15) is 46.5 Å². The molecule has 4 nitrogen and oxygen atoms in total. The number of rotatable bonds is 5. The zero-order valence-electron chi connectivity index (χ0n) is 10.6. The summed E-state index contributed by atoms with van der Waals surface area (Å²) in [4.78, 5) is 12.0. The fraction of sp³-hybridized carbons (Fsp3) is 0.917. The van der Waals surface area contributed by atoms with Crippen molar-refractivity contribution in [3.63, 3.8) is 0 Å². The van der Waals surface area contributed by atoms with Gasteiger partial charge in [-0.05, 0) is 32.6 Å². The first-order chi connectivity index (χ1) is 7.53. The van der Waals surface area contributed by atoms with Crippen LogP contribution in [0.15, 0.2) is 0 Å². The van der Waals surface area contributed by atoms with E-state index in [0.29, 0.717) is 12.8 Å². The minimum Gasteiger partial charge on any atom is -0.376 e. The summed E-state index contributed by atoms with van der Waals surface area (Å²) in [5.41, 5.74) is 5.30. The molecule has 1 fully saturated rings. The van der Waals surface area contributed by atoms with Crippen LogP contribution in [-0.4, -0.2) is 30.2 Å². The summed E-state index contributed by atoms with van der Waals surface area (Å²) in [7, 11) is 0. The maximum atomic E-state index is 12.0. The van der Waals surface area contributed by atoms with Crippen molar-refractivity contribution < 1.29 is 9.53 Å². The van der Waals surface area contributed by atoms with E-state index in [1.165, 1.54) is 0 Å². The summed E-state index contributed by atoms with van der Waals surface area (Å²) in [5, 5.41) is 2.98. The SMILES string of the molecule is CCC(N)(CC)C(=O)NC(C)C1CCCO1. The second kappa shape index (κ2) is 5.64. The molecule has 0 bridgehead atoms. The second-order valence-electron chi connectivity index (χ2n) is 4.68. The fourth-order valence-corrected chi connectivity index (χ4v) is 2.01. The highest BCUT2D eigenvalue weighted by Crippen LogP contribution is 2.17. The molecule has 1 amide bonds. The van der Waals surface area contributed by atoms with Gasteiger partial charge < -0.3 is 15.8 Å². The summed E-state index contributed by atoms with van der Waals surface area (Å²) in [6.45, 7) is 6.68. The van der Waals surface area contributed by atoms with Gasteiger partial charge in [0, 0.05) is 6.61 Å². The molecular weight excluding hydrogens is 204 g/mol. The largest absolute Gasteiger partial charge is 0.376 e. The predicted molar refractivity (Wildman–Crippen MR) is 64.1 cm³/mol. The fourth-order valence-electron chi connectivity index (χ4n) is 2.01. The Bertz CT molecular complexity index is 233. The normalized spacial score (nSPS) is 23.1. The molecule has 3 N–H and O–H groups in total. The summed E-state index contributed by atoms with van der Waals surface area (Å²) in [6.07, 6.45) is 3.58. The van der Waals surface area contributed by atoms with Gasteiger partial charge in [-0.1, -0.05) is 13.8 Å². The van der Waals surface area contributed by atoms with E-state index in [1.807, 2.05) is 20.8 Å².